The fourth-order valence-corrected chi connectivity index (χ4v) is 3.84. The maximum absolute atomic E-state index is 12.6. The number of rotatable bonds is 6. The van der Waals surface area contributed by atoms with E-state index in [2.05, 4.69) is 19.9 Å². The Morgan fingerprint density at radius 1 is 1.17 bits per heavy atom. The van der Waals surface area contributed by atoms with E-state index in [-0.39, 0.29) is 17.1 Å². The van der Waals surface area contributed by atoms with Crippen molar-refractivity contribution in [3.8, 4) is 11.5 Å². The predicted molar refractivity (Wildman–Crippen MR) is 125 cm³/mol. The first-order chi connectivity index (χ1) is 14.2. The van der Waals surface area contributed by atoms with Gasteiger partial charge in [0.15, 0.2) is 5.78 Å². The second-order valence-corrected chi connectivity index (χ2v) is 8.71. The number of hydrogen-bond donors (Lipinski definition) is 1. The Labute approximate surface area is 187 Å². The summed E-state index contributed by atoms with van der Waals surface area (Å²) in [6.45, 7) is 6.16. The number of halogens is 2. The van der Waals surface area contributed by atoms with E-state index in [1.165, 1.54) is 11.6 Å². The van der Waals surface area contributed by atoms with Gasteiger partial charge < -0.3 is 9.84 Å². The number of benzene rings is 2. The zero-order valence-corrected chi connectivity index (χ0v) is 18.7. The second-order valence-electron chi connectivity index (χ2n) is 7.84. The number of ketones is 1. The number of allylic oxidation sites excluding steroid dienone is 3. The van der Waals surface area contributed by atoms with Gasteiger partial charge in [0.25, 0.3) is 0 Å². The van der Waals surface area contributed by atoms with Crippen LogP contribution in [-0.2, 0) is 0 Å². The molecule has 0 saturated carbocycles. The van der Waals surface area contributed by atoms with Gasteiger partial charge in [-0.3, -0.25) is 4.79 Å². The van der Waals surface area contributed by atoms with Crippen LogP contribution in [0.1, 0.15) is 55.1 Å². The van der Waals surface area contributed by atoms with E-state index < -0.39 is 5.60 Å². The summed E-state index contributed by atoms with van der Waals surface area (Å²) in [5.41, 5.74) is 2.24. The van der Waals surface area contributed by atoms with Gasteiger partial charge in [0.2, 0.25) is 0 Å². The average Bonchev–Trinajstić information content (AvgIpc) is 2.65. The van der Waals surface area contributed by atoms with E-state index in [9.17, 15) is 9.90 Å². The van der Waals surface area contributed by atoms with Gasteiger partial charge in [0, 0.05) is 10.0 Å². The molecule has 0 amide bonds. The molecule has 2 aromatic carbocycles. The summed E-state index contributed by atoms with van der Waals surface area (Å²) in [4.78, 5) is 12.6. The SMILES string of the molecule is CC(C)=CCCC1(C)C=Cc2c(ccc(C(=O)/C=C/c3cc(Cl)cc(Cl)c3)c2O)O1. The van der Waals surface area contributed by atoms with Crippen molar-refractivity contribution in [3.63, 3.8) is 0 Å². The molecule has 1 N–H and O–H groups in total. The first kappa shape index (κ1) is 22.2. The lowest BCUT2D eigenvalue weighted by molar-refractivity contribution is 0.104. The van der Waals surface area contributed by atoms with Crippen LogP contribution in [0.15, 0.2) is 54.1 Å². The lowest BCUT2D eigenvalue weighted by Crippen LogP contribution is -2.31. The molecule has 1 unspecified atom stereocenters. The number of hydrogen-bond acceptors (Lipinski definition) is 3. The Balaban J connectivity index is 1.80. The minimum absolute atomic E-state index is 0.0890. The fourth-order valence-electron chi connectivity index (χ4n) is 3.30. The summed E-state index contributed by atoms with van der Waals surface area (Å²) in [5, 5.41) is 11.6. The molecule has 5 heteroatoms. The number of fused-ring (bicyclic) bond motifs is 1. The molecule has 30 heavy (non-hydrogen) atoms. The minimum atomic E-state index is -0.456. The van der Waals surface area contributed by atoms with Crippen molar-refractivity contribution in [2.45, 2.75) is 39.2 Å². The third-order valence-electron chi connectivity index (χ3n) is 4.89. The zero-order chi connectivity index (χ0) is 21.9. The summed E-state index contributed by atoms with van der Waals surface area (Å²) in [7, 11) is 0. The number of aromatic hydroxyl groups is 1. The normalized spacial score (nSPS) is 17.5. The predicted octanol–water partition coefficient (Wildman–Crippen LogP) is 7.51. The molecule has 2 aromatic rings. The summed E-state index contributed by atoms with van der Waals surface area (Å²) in [6, 6.07) is 8.35. The van der Waals surface area contributed by atoms with E-state index >= 15 is 0 Å². The molecular formula is C25H24Cl2O3. The highest BCUT2D eigenvalue weighted by Gasteiger charge is 2.29. The van der Waals surface area contributed by atoms with E-state index in [4.69, 9.17) is 27.9 Å². The molecule has 0 radical (unpaired) electrons. The molecule has 1 aliphatic rings. The molecule has 3 rings (SSSR count). The largest absolute Gasteiger partial charge is 0.506 e. The maximum atomic E-state index is 12.6. The summed E-state index contributed by atoms with van der Waals surface area (Å²) in [5.74, 6) is 0.155. The summed E-state index contributed by atoms with van der Waals surface area (Å²) in [6.07, 6.45) is 10.7. The Kier molecular flexibility index (Phi) is 6.74. The fraction of sp³-hybridized carbons (Fsp3) is 0.240. The number of phenols is 1. The molecule has 0 aromatic heterocycles. The van der Waals surface area contributed by atoms with Crippen LogP contribution in [0.3, 0.4) is 0 Å². The van der Waals surface area contributed by atoms with Crippen LogP contribution in [0.4, 0.5) is 0 Å². The molecule has 156 valence electrons. The van der Waals surface area contributed by atoms with E-state index in [0.717, 1.165) is 12.8 Å². The summed E-state index contributed by atoms with van der Waals surface area (Å²) < 4.78 is 6.14. The second kappa shape index (κ2) is 9.11. The van der Waals surface area contributed by atoms with E-state index in [0.29, 0.717) is 26.9 Å². The highest BCUT2D eigenvalue weighted by molar-refractivity contribution is 6.34. The van der Waals surface area contributed by atoms with Crippen molar-refractivity contribution < 1.29 is 14.6 Å². The lowest BCUT2D eigenvalue weighted by atomic mass is 9.93. The van der Waals surface area contributed by atoms with E-state index in [1.54, 1.807) is 36.4 Å². The van der Waals surface area contributed by atoms with Crippen LogP contribution in [-0.4, -0.2) is 16.5 Å². The smallest absolute Gasteiger partial charge is 0.189 e. The van der Waals surface area contributed by atoms with Crippen molar-refractivity contribution >= 4 is 41.1 Å². The van der Waals surface area contributed by atoms with Gasteiger partial charge in [-0.05, 0) is 87.7 Å². The average molecular weight is 443 g/mol. The third kappa shape index (κ3) is 5.35. The summed E-state index contributed by atoms with van der Waals surface area (Å²) >= 11 is 12.0. The van der Waals surface area contributed by atoms with Gasteiger partial charge >= 0.3 is 0 Å². The Morgan fingerprint density at radius 2 is 1.87 bits per heavy atom. The Bertz CT molecular complexity index is 1040. The highest BCUT2D eigenvalue weighted by Crippen LogP contribution is 2.40. The first-order valence-electron chi connectivity index (χ1n) is 9.73. The molecular weight excluding hydrogens is 419 g/mol. The Morgan fingerprint density at radius 3 is 2.53 bits per heavy atom. The van der Waals surface area contributed by atoms with E-state index in [1.807, 2.05) is 19.1 Å². The molecule has 1 heterocycles. The van der Waals surface area contributed by atoms with Gasteiger partial charge in [-0.1, -0.05) is 40.9 Å². The van der Waals surface area contributed by atoms with Crippen molar-refractivity contribution in [3.05, 3.63) is 80.9 Å². The van der Waals surface area contributed by atoms with Crippen LogP contribution >= 0.6 is 23.2 Å². The van der Waals surface area contributed by atoms with Crippen LogP contribution < -0.4 is 4.74 Å². The van der Waals surface area contributed by atoms with Gasteiger partial charge in [-0.25, -0.2) is 0 Å². The van der Waals surface area contributed by atoms with Crippen molar-refractivity contribution in [2.24, 2.45) is 0 Å². The van der Waals surface area contributed by atoms with Crippen molar-refractivity contribution in [1.29, 1.82) is 0 Å². The molecule has 0 spiro atoms. The van der Waals surface area contributed by atoms with Crippen LogP contribution in [0.25, 0.3) is 12.2 Å². The molecule has 0 saturated heterocycles. The molecule has 3 nitrogen and oxygen atoms in total. The van der Waals surface area contributed by atoms with Gasteiger partial charge in [-0.2, -0.15) is 0 Å². The maximum Gasteiger partial charge on any atom is 0.189 e. The Hall–Kier alpha value is -2.49. The van der Waals surface area contributed by atoms with Crippen molar-refractivity contribution in [2.75, 3.05) is 0 Å². The quantitative estimate of drug-likeness (QED) is 0.286. The van der Waals surface area contributed by atoms with Crippen LogP contribution in [0.5, 0.6) is 11.5 Å². The molecule has 0 aliphatic carbocycles. The highest BCUT2D eigenvalue weighted by atomic mass is 35.5. The number of phenolic OH excluding ortho intramolecular Hbond substituents is 1. The topological polar surface area (TPSA) is 46.5 Å². The molecule has 1 aliphatic heterocycles. The first-order valence-corrected chi connectivity index (χ1v) is 10.5. The number of carbonyl (C=O) groups is 1. The number of ether oxygens (including phenoxy) is 1. The monoisotopic (exact) mass is 442 g/mol. The molecule has 0 fully saturated rings. The van der Waals surface area contributed by atoms with Gasteiger partial charge in [0.05, 0.1) is 11.1 Å². The number of carbonyl (C=O) groups excluding carboxylic acids is 1. The van der Waals surface area contributed by atoms with Crippen LogP contribution in [0, 0.1) is 0 Å². The standard InChI is InChI=1S/C25H24Cl2O3/c1-16(2)5-4-11-25(3)12-10-21-23(30-25)9-7-20(24(21)29)22(28)8-6-17-13-18(26)15-19(27)14-17/h5-10,12-15,29H,4,11H2,1-3H3/b8-6+. The van der Waals surface area contributed by atoms with Crippen molar-refractivity contribution in [1.82, 2.24) is 0 Å². The lowest BCUT2D eigenvalue weighted by Gasteiger charge is -2.32. The van der Waals surface area contributed by atoms with Gasteiger partial charge in [-0.15, -0.1) is 0 Å². The van der Waals surface area contributed by atoms with Gasteiger partial charge in [0.1, 0.15) is 17.1 Å². The third-order valence-corrected chi connectivity index (χ3v) is 5.33. The molecule has 0 bridgehead atoms. The zero-order valence-electron chi connectivity index (χ0n) is 17.2. The van der Waals surface area contributed by atoms with Crippen LogP contribution in [0.2, 0.25) is 10.0 Å². The minimum Gasteiger partial charge on any atom is -0.506 e. The molecule has 1 atom stereocenters.